The molecule has 1 heterocycles. The molecule has 1 aromatic carbocycles. The molecule has 2 nitrogen and oxygen atoms in total. The van der Waals surface area contributed by atoms with Crippen LogP contribution in [0.25, 0.3) is 0 Å². The molecule has 20 heavy (non-hydrogen) atoms. The van der Waals surface area contributed by atoms with Crippen LogP contribution in [0.4, 0.5) is 4.39 Å². The normalized spacial score (nSPS) is 11.8. The Labute approximate surface area is 128 Å². The molecule has 0 aliphatic heterocycles. The second kappa shape index (κ2) is 6.59. The highest BCUT2D eigenvalue weighted by molar-refractivity contribution is 6.22. The van der Waals surface area contributed by atoms with Gasteiger partial charge in [0.1, 0.15) is 5.82 Å². The number of hydrogen-bond acceptors (Lipinski definition) is 1. The number of halogens is 3. The zero-order valence-corrected chi connectivity index (χ0v) is 12.8. The van der Waals surface area contributed by atoms with Crippen LogP contribution in [0.2, 0.25) is 0 Å². The van der Waals surface area contributed by atoms with Crippen molar-refractivity contribution in [2.45, 2.75) is 25.3 Å². The van der Waals surface area contributed by atoms with Gasteiger partial charge in [0.15, 0.2) is 0 Å². The van der Waals surface area contributed by atoms with Crippen LogP contribution in [0.5, 0.6) is 0 Å². The summed E-state index contributed by atoms with van der Waals surface area (Å²) in [5, 5.41) is 4.26. The van der Waals surface area contributed by atoms with E-state index in [1.807, 2.05) is 30.1 Å². The third-order valence-corrected chi connectivity index (χ3v) is 4.53. The van der Waals surface area contributed by atoms with E-state index < -0.39 is 5.41 Å². The Balaban J connectivity index is 2.33. The molecule has 1 aromatic heterocycles. The summed E-state index contributed by atoms with van der Waals surface area (Å²) >= 11 is 12.3. The predicted molar refractivity (Wildman–Crippen MR) is 81.1 cm³/mol. The highest BCUT2D eigenvalue weighted by atomic mass is 35.5. The van der Waals surface area contributed by atoms with Gasteiger partial charge in [-0.25, -0.2) is 4.39 Å². The van der Waals surface area contributed by atoms with Gasteiger partial charge in [0.2, 0.25) is 0 Å². The molecule has 0 bridgehead atoms. The quantitative estimate of drug-likeness (QED) is 0.737. The van der Waals surface area contributed by atoms with E-state index in [2.05, 4.69) is 5.10 Å². The van der Waals surface area contributed by atoms with E-state index in [-0.39, 0.29) is 5.82 Å². The minimum Gasteiger partial charge on any atom is -0.273 e. The van der Waals surface area contributed by atoms with Crippen molar-refractivity contribution in [3.8, 4) is 0 Å². The monoisotopic (exact) mass is 314 g/mol. The second-order valence-corrected chi connectivity index (χ2v) is 5.47. The van der Waals surface area contributed by atoms with Gasteiger partial charge < -0.3 is 0 Å². The van der Waals surface area contributed by atoms with Gasteiger partial charge in [-0.1, -0.05) is 12.1 Å². The molecule has 0 N–H and O–H groups in total. The second-order valence-electron chi connectivity index (χ2n) is 4.94. The Morgan fingerprint density at radius 2 is 2.05 bits per heavy atom. The number of alkyl halides is 2. The SMILES string of the molecule is CCn1cc(CC(CCl)(CCl)c2cccc(F)c2)cn1. The smallest absolute Gasteiger partial charge is 0.123 e. The van der Waals surface area contributed by atoms with Crippen molar-refractivity contribution in [2.75, 3.05) is 11.8 Å². The molecule has 0 amide bonds. The summed E-state index contributed by atoms with van der Waals surface area (Å²) in [5.74, 6) is 0.389. The summed E-state index contributed by atoms with van der Waals surface area (Å²) in [7, 11) is 0. The van der Waals surface area contributed by atoms with Crippen molar-refractivity contribution in [1.82, 2.24) is 9.78 Å². The Morgan fingerprint density at radius 1 is 1.30 bits per heavy atom. The molecular weight excluding hydrogens is 298 g/mol. The number of aromatic nitrogens is 2. The van der Waals surface area contributed by atoms with Crippen molar-refractivity contribution < 1.29 is 4.39 Å². The molecular formula is C15H17Cl2FN2. The van der Waals surface area contributed by atoms with Gasteiger partial charge in [-0.3, -0.25) is 4.68 Å². The Morgan fingerprint density at radius 3 is 2.60 bits per heavy atom. The summed E-state index contributed by atoms with van der Waals surface area (Å²) in [6.45, 7) is 2.84. The molecule has 108 valence electrons. The highest BCUT2D eigenvalue weighted by Gasteiger charge is 2.31. The first-order valence-electron chi connectivity index (χ1n) is 6.53. The molecule has 0 aliphatic carbocycles. The third kappa shape index (κ3) is 3.15. The maximum Gasteiger partial charge on any atom is 0.123 e. The third-order valence-electron chi connectivity index (χ3n) is 3.50. The summed E-state index contributed by atoms with van der Waals surface area (Å²) in [4.78, 5) is 0. The first kappa shape index (κ1) is 15.3. The topological polar surface area (TPSA) is 17.8 Å². The first-order chi connectivity index (χ1) is 9.63. The van der Waals surface area contributed by atoms with Crippen LogP contribution in [0, 0.1) is 5.82 Å². The molecule has 0 unspecified atom stereocenters. The Hall–Kier alpha value is -1.06. The van der Waals surface area contributed by atoms with E-state index in [1.165, 1.54) is 12.1 Å². The Bertz CT molecular complexity index is 565. The van der Waals surface area contributed by atoms with Gasteiger partial charge in [-0.05, 0) is 36.6 Å². The maximum absolute atomic E-state index is 13.5. The first-order valence-corrected chi connectivity index (χ1v) is 7.60. The van der Waals surface area contributed by atoms with Gasteiger partial charge in [-0.2, -0.15) is 5.10 Å². The Kier molecular flexibility index (Phi) is 5.06. The average Bonchev–Trinajstić information content (AvgIpc) is 2.92. The van der Waals surface area contributed by atoms with Crippen LogP contribution >= 0.6 is 23.2 Å². The molecule has 2 aromatic rings. The number of benzene rings is 1. The van der Waals surface area contributed by atoms with Crippen LogP contribution in [-0.4, -0.2) is 21.5 Å². The minimum atomic E-state index is -0.479. The lowest BCUT2D eigenvalue weighted by molar-refractivity contribution is 0.527. The van der Waals surface area contributed by atoms with Crippen molar-refractivity contribution >= 4 is 23.2 Å². The van der Waals surface area contributed by atoms with E-state index in [4.69, 9.17) is 23.2 Å². The van der Waals surface area contributed by atoms with E-state index >= 15 is 0 Å². The summed E-state index contributed by atoms with van der Waals surface area (Å²) < 4.78 is 15.3. The van der Waals surface area contributed by atoms with Gasteiger partial charge in [-0.15, -0.1) is 23.2 Å². The fourth-order valence-electron chi connectivity index (χ4n) is 2.27. The number of rotatable bonds is 6. The number of aryl methyl sites for hydroxylation is 1. The largest absolute Gasteiger partial charge is 0.273 e. The van der Waals surface area contributed by atoms with E-state index in [9.17, 15) is 4.39 Å². The van der Waals surface area contributed by atoms with Crippen LogP contribution in [0.1, 0.15) is 18.1 Å². The van der Waals surface area contributed by atoms with E-state index in [0.29, 0.717) is 18.2 Å². The zero-order valence-electron chi connectivity index (χ0n) is 11.3. The lowest BCUT2D eigenvalue weighted by atomic mass is 9.79. The van der Waals surface area contributed by atoms with Crippen molar-refractivity contribution in [3.05, 3.63) is 53.6 Å². The molecule has 0 radical (unpaired) electrons. The summed E-state index contributed by atoms with van der Waals surface area (Å²) in [5.41, 5.74) is 1.40. The predicted octanol–water partition coefficient (Wildman–Crippen LogP) is 4.00. The van der Waals surface area contributed by atoms with Gasteiger partial charge in [0.05, 0.1) is 6.20 Å². The summed E-state index contributed by atoms with van der Waals surface area (Å²) in [6.07, 6.45) is 4.44. The van der Waals surface area contributed by atoms with Crippen LogP contribution in [0.15, 0.2) is 36.7 Å². The summed E-state index contributed by atoms with van der Waals surface area (Å²) in [6, 6.07) is 6.49. The molecule has 5 heteroatoms. The lowest BCUT2D eigenvalue weighted by Gasteiger charge is -2.30. The van der Waals surface area contributed by atoms with Crippen LogP contribution in [0.3, 0.4) is 0 Å². The van der Waals surface area contributed by atoms with E-state index in [1.54, 1.807) is 6.07 Å². The standard InChI is InChI=1S/C15H17Cl2FN2/c1-2-20-9-12(8-19-20)7-15(10-16,11-17)13-4-3-5-14(18)6-13/h3-6,8-9H,2,7,10-11H2,1H3. The molecule has 0 aliphatic rings. The fraction of sp³-hybridized carbons (Fsp3) is 0.400. The van der Waals surface area contributed by atoms with E-state index in [0.717, 1.165) is 17.7 Å². The zero-order chi connectivity index (χ0) is 14.6. The van der Waals surface area contributed by atoms with Crippen LogP contribution < -0.4 is 0 Å². The lowest BCUT2D eigenvalue weighted by Crippen LogP contribution is -2.33. The van der Waals surface area contributed by atoms with Crippen molar-refractivity contribution in [3.63, 3.8) is 0 Å². The maximum atomic E-state index is 13.5. The highest BCUT2D eigenvalue weighted by Crippen LogP contribution is 2.32. The molecule has 0 saturated heterocycles. The minimum absolute atomic E-state index is 0.272. The van der Waals surface area contributed by atoms with Crippen molar-refractivity contribution in [1.29, 1.82) is 0 Å². The molecule has 2 rings (SSSR count). The molecule has 0 saturated carbocycles. The van der Waals surface area contributed by atoms with Gasteiger partial charge in [0.25, 0.3) is 0 Å². The molecule has 0 atom stereocenters. The molecule has 0 fully saturated rings. The fourth-order valence-corrected chi connectivity index (χ4v) is 3.05. The average molecular weight is 315 g/mol. The number of hydrogen-bond donors (Lipinski definition) is 0. The number of nitrogens with zero attached hydrogens (tertiary/aromatic N) is 2. The van der Waals surface area contributed by atoms with Gasteiger partial charge in [0, 0.05) is 29.9 Å². The van der Waals surface area contributed by atoms with Crippen molar-refractivity contribution in [2.24, 2.45) is 0 Å². The molecule has 0 spiro atoms. The van der Waals surface area contributed by atoms with Gasteiger partial charge >= 0.3 is 0 Å². The van der Waals surface area contributed by atoms with Crippen LogP contribution in [-0.2, 0) is 18.4 Å².